The van der Waals surface area contributed by atoms with Crippen molar-refractivity contribution in [3.8, 4) is 5.75 Å². The molecule has 1 amide bonds. The lowest BCUT2D eigenvalue weighted by Gasteiger charge is -2.19. The average molecular weight is 391 g/mol. The van der Waals surface area contributed by atoms with E-state index >= 15 is 0 Å². The third-order valence-electron chi connectivity index (χ3n) is 3.92. The number of hydrogen-bond acceptors (Lipinski definition) is 6. The van der Waals surface area contributed by atoms with Crippen molar-refractivity contribution in [2.75, 3.05) is 13.1 Å². The van der Waals surface area contributed by atoms with Crippen molar-refractivity contribution in [2.45, 2.75) is 43.9 Å². The Bertz CT molecular complexity index is 573. The Morgan fingerprint density at radius 1 is 1.22 bits per heavy atom. The van der Waals surface area contributed by atoms with Gasteiger partial charge in [-0.25, -0.2) is 0 Å². The Morgan fingerprint density at radius 3 is 2.37 bits per heavy atom. The van der Waals surface area contributed by atoms with Gasteiger partial charge in [0.15, 0.2) is 0 Å². The third kappa shape index (κ3) is 9.61. The highest BCUT2D eigenvalue weighted by Gasteiger charge is 2.31. The summed E-state index contributed by atoms with van der Waals surface area (Å²) in [6.07, 6.45) is -2.71. The second kappa shape index (κ2) is 11.1. The number of ether oxygens (including phenoxy) is 1. The summed E-state index contributed by atoms with van der Waals surface area (Å²) < 4.78 is 40.2. The van der Waals surface area contributed by atoms with Crippen LogP contribution < -0.4 is 21.5 Å². The molecule has 0 heterocycles. The summed E-state index contributed by atoms with van der Waals surface area (Å²) in [5, 5.41) is 21.5. The van der Waals surface area contributed by atoms with Crippen LogP contribution in [0.4, 0.5) is 13.2 Å². The maximum atomic E-state index is 12.2. The molecule has 7 N–H and O–H groups in total. The lowest BCUT2D eigenvalue weighted by molar-refractivity contribution is -0.274. The zero-order chi connectivity index (χ0) is 20.4. The van der Waals surface area contributed by atoms with Gasteiger partial charge in [0.2, 0.25) is 5.91 Å². The number of carbonyl (C=O) groups is 1. The van der Waals surface area contributed by atoms with Gasteiger partial charge in [-0.1, -0.05) is 18.6 Å². The van der Waals surface area contributed by atoms with Crippen LogP contribution in [0.2, 0.25) is 5.82 Å². The Balaban J connectivity index is 2.55. The summed E-state index contributed by atoms with van der Waals surface area (Å²) in [4.78, 5) is 11.9. The first kappa shape index (κ1) is 23.2. The molecule has 7 nitrogen and oxygen atoms in total. The number of benzene rings is 1. The molecule has 27 heavy (non-hydrogen) atoms. The second-order valence-corrected chi connectivity index (χ2v) is 6.21. The number of carbonyl (C=O) groups excluding carboxylic acids is 1. The smallest absolute Gasteiger partial charge is 0.427 e. The number of amides is 1. The van der Waals surface area contributed by atoms with Crippen LogP contribution in [0.3, 0.4) is 0 Å². The normalized spacial score (nSPS) is 13.7. The molecule has 11 heteroatoms. The van der Waals surface area contributed by atoms with E-state index in [4.69, 9.17) is 11.5 Å². The van der Waals surface area contributed by atoms with Crippen molar-refractivity contribution in [3.63, 3.8) is 0 Å². The van der Waals surface area contributed by atoms with E-state index in [2.05, 4.69) is 10.1 Å². The Morgan fingerprint density at radius 2 is 1.85 bits per heavy atom. The summed E-state index contributed by atoms with van der Waals surface area (Å²) in [5.74, 6) is -1.53. The first-order valence-corrected chi connectivity index (χ1v) is 8.56. The maximum Gasteiger partial charge on any atom is 0.573 e. The molecule has 0 aliphatic heterocycles. The molecule has 0 aliphatic rings. The van der Waals surface area contributed by atoms with E-state index in [-0.39, 0.29) is 18.7 Å². The van der Waals surface area contributed by atoms with Crippen LogP contribution in [0.25, 0.3) is 0 Å². The number of hydrogen-bond donors (Lipinski definition) is 5. The van der Waals surface area contributed by atoms with E-state index in [9.17, 15) is 28.0 Å². The minimum atomic E-state index is -4.78. The molecule has 0 aromatic heterocycles. The molecule has 0 spiro atoms. The molecule has 0 bridgehead atoms. The van der Waals surface area contributed by atoms with Crippen LogP contribution in [-0.2, 0) is 11.2 Å². The minimum Gasteiger partial charge on any atom is -0.427 e. The zero-order valence-corrected chi connectivity index (χ0v) is 14.8. The van der Waals surface area contributed by atoms with Crippen LogP contribution in [0.15, 0.2) is 24.3 Å². The summed E-state index contributed by atoms with van der Waals surface area (Å²) in [6.45, 7) is 0.474. The predicted octanol–water partition coefficient (Wildman–Crippen LogP) is 0.543. The first-order chi connectivity index (χ1) is 12.6. The topological polar surface area (TPSA) is 131 Å². The van der Waals surface area contributed by atoms with E-state index in [0.717, 1.165) is 18.6 Å². The highest BCUT2D eigenvalue weighted by molar-refractivity contribution is 6.43. The Kier molecular flexibility index (Phi) is 9.57. The van der Waals surface area contributed by atoms with Crippen molar-refractivity contribution < 1.29 is 32.8 Å². The average Bonchev–Trinajstić information content (AvgIpc) is 2.58. The van der Waals surface area contributed by atoms with Gasteiger partial charge in [-0.15, -0.1) is 13.2 Å². The van der Waals surface area contributed by atoms with Gasteiger partial charge >= 0.3 is 13.5 Å². The molecular weight excluding hydrogens is 366 g/mol. The van der Waals surface area contributed by atoms with Gasteiger partial charge in [0, 0.05) is 12.4 Å². The van der Waals surface area contributed by atoms with Crippen molar-refractivity contribution in [1.82, 2.24) is 5.32 Å². The fourth-order valence-electron chi connectivity index (χ4n) is 2.42. The molecule has 2 atom stereocenters. The lowest BCUT2D eigenvalue weighted by atomic mass is 9.69. The fourth-order valence-corrected chi connectivity index (χ4v) is 2.42. The van der Waals surface area contributed by atoms with Gasteiger partial charge in [-0.3, -0.25) is 4.79 Å². The standard InChI is InChI=1S/C16H25BF3N3O4/c18-16(19,20)27-13-6-4-11(5-7-13)9-12(17(25)26)10-23-15(24)14(22)3-1-2-8-21/h4-7,12,14,25-26H,1-3,8-10,21-22H2,(H,23,24)/t12?,14-/m1/s1. The number of nitrogens with two attached hydrogens (primary N) is 2. The van der Waals surface area contributed by atoms with Gasteiger partial charge in [-0.05, 0) is 43.5 Å². The molecule has 1 rings (SSSR count). The number of rotatable bonds is 11. The molecule has 0 aliphatic carbocycles. The summed E-state index contributed by atoms with van der Waals surface area (Å²) in [6, 6.07) is 4.32. The molecule has 0 fully saturated rings. The molecular formula is C16H25BF3N3O4. The molecule has 1 aromatic rings. The van der Waals surface area contributed by atoms with E-state index in [1.54, 1.807) is 0 Å². The molecule has 152 valence electrons. The van der Waals surface area contributed by atoms with Crippen LogP contribution in [0, 0.1) is 0 Å². The zero-order valence-electron chi connectivity index (χ0n) is 14.8. The summed E-state index contributed by atoms with van der Waals surface area (Å²) in [7, 11) is -1.72. The van der Waals surface area contributed by atoms with E-state index in [1.165, 1.54) is 12.1 Å². The van der Waals surface area contributed by atoms with Gasteiger partial charge in [0.05, 0.1) is 6.04 Å². The Labute approximate surface area is 156 Å². The molecule has 1 aromatic carbocycles. The highest BCUT2D eigenvalue weighted by atomic mass is 19.4. The van der Waals surface area contributed by atoms with Gasteiger partial charge in [0.25, 0.3) is 0 Å². The van der Waals surface area contributed by atoms with Gasteiger partial charge < -0.3 is 31.6 Å². The van der Waals surface area contributed by atoms with Crippen LogP contribution >= 0.6 is 0 Å². The van der Waals surface area contributed by atoms with Crippen molar-refractivity contribution in [2.24, 2.45) is 11.5 Å². The monoisotopic (exact) mass is 391 g/mol. The van der Waals surface area contributed by atoms with E-state index in [1.807, 2.05) is 0 Å². The van der Waals surface area contributed by atoms with Crippen LogP contribution in [0.5, 0.6) is 5.75 Å². The van der Waals surface area contributed by atoms with Gasteiger partial charge in [0.1, 0.15) is 5.75 Å². The van der Waals surface area contributed by atoms with Crippen molar-refractivity contribution in [1.29, 1.82) is 0 Å². The predicted molar refractivity (Wildman–Crippen MR) is 94.7 cm³/mol. The minimum absolute atomic E-state index is 0.0398. The van der Waals surface area contributed by atoms with E-state index < -0.39 is 31.2 Å². The second-order valence-electron chi connectivity index (χ2n) is 6.21. The lowest BCUT2D eigenvalue weighted by Crippen LogP contribution is -2.43. The molecule has 0 radical (unpaired) electrons. The summed E-state index contributed by atoms with van der Waals surface area (Å²) in [5.41, 5.74) is 11.7. The Hall–Kier alpha value is -1.82. The fraction of sp³-hybridized carbons (Fsp3) is 0.562. The third-order valence-corrected chi connectivity index (χ3v) is 3.92. The highest BCUT2D eigenvalue weighted by Crippen LogP contribution is 2.24. The quantitative estimate of drug-likeness (QED) is 0.277. The van der Waals surface area contributed by atoms with Gasteiger partial charge in [-0.2, -0.15) is 0 Å². The first-order valence-electron chi connectivity index (χ1n) is 8.56. The van der Waals surface area contributed by atoms with Crippen molar-refractivity contribution in [3.05, 3.63) is 29.8 Å². The largest absolute Gasteiger partial charge is 0.573 e. The number of alkyl halides is 3. The molecule has 1 unspecified atom stereocenters. The summed E-state index contributed by atoms with van der Waals surface area (Å²) >= 11 is 0. The van der Waals surface area contributed by atoms with E-state index in [0.29, 0.717) is 24.9 Å². The number of nitrogens with one attached hydrogen (secondary N) is 1. The number of unbranched alkanes of at least 4 members (excludes halogenated alkanes) is 1. The molecule has 0 saturated carbocycles. The SMILES string of the molecule is NCCCC[C@@H](N)C(=O)NCC(Cc1ccc(OC(F)(F)F)cc1)B(O)O. The maximum absolute atomic E-state index is 12.2. The number of halogens is 3. The van der Waals surface area contributed by atoms with Crippen LogP contribution in [0.1, 0.15) is 24.8 Å². The molecule has 0 saturated heterocycles. The van der Waals surface area contributed by atoms with Crippen molar-refractivity contribution >= 4 is 13.0 Å². The van der Waals surface area contributed by atoms with Crippen LogP contribution in [-0.4, -0.2) is 48.6 Å².